The van der Waals surface area contributed by atoms with Gasteiger partial charge in [0.05, 0.1) is 12.2 Å². The van der Waals surface area contributed by atoms with Gasteiger partial charge in [0.15, 0.2) is 0 Å². The highest BCUT2D eigenvalue weighted by Crippen LogP contribution is 2.24. The van der Waals surface area contributed by atoms with E-state index in [1.165, 1.54) is 12.1 Å². The number of rotatable bonds is 4. The van der Waals surface area contributed by atoms with E-state index in [0.717, 1.165) is 5.56 Å². The average molecular weight is 236 g/mol. The lowest BCUT2D eigenvalue weighted by Gasteiger charge is -2.08. The Labute approximate surface area is 100 Å². The zero-order valence-electron chi connectivity index (χ0n) is 10.2. The summed E-state index contributed by atoms with van der Waals surface area (Å²) in [5.74, 6) is -1.71. The van der Waals surface area contributed by atoms with E-state index in [9.17, 15) is 14.7 Å². The summed E-state index contributed by atoms with van der Waals surface area (Å²) in [6.45, 7) is 5.70. The smallest absolute Gasteiger partial charge is 0.379 e. The molecule has 4 nitrogen and oxygen atoms in total. The van der Waals surface area contributed by atoms with E-state index in [1.54, 1.807) is 13.0 Å². The second-order valence-electron chi connectivity index (χ2n) is 3.98. The fourth-order valence-electron chi connectivity index (χ4n) is 1.41. The van der Waals surface area contributed by atoms with Gasteiger partial charge in [0, 0.05) is 0 Å². The summed E-state index contributed by atoms with van der Waals surface area (Å²) in [7, 11) is 0. The van der Waals surface area contributed by atoms with Gasteiger partial charge in [0.25, 0.3) is 5.78 Å². The van der Waals surface area contributed by atoms with Crippen molar-refractivity contribution >= 4 is 11.8 Å². The summed E-state index contributed by atoms with van der Waals surface area (Å²) >= 11 is 0. The minimum atomic E-state index is -0.944. The van der Waals surface area contributed by atoms with Crippen LogP contribution in [-0.4, -0.2) is 23.5 Å². The number of phenols is 1. The third-order valence-corrected chi connectivity index (χ3v) is 2.39. The van der Waals surface area contributed by atoms with Gasteiger partial charge in [0.2, 0.25) is 0 Å². The maximum Gasteiger partial charge on any atom is 0.379 e. The van der Waals surface area contributed by atoms with E-state index >= 15 is 0 Å². The number of benzene rings is 1. The SMILES string of the molecule is CCOC(=O)C(=O)c1ccc(C(C)C)cc1O. The fraction of sp³-hybridized carbons (Fsp3) is 0.385. The summed E-state index contributed by atoms with van der Waals surface area (Å²) in [6, 6.07) is 4.66. The number of carbonyl (C=O) groups excluding carboxylic acids is 2. The van der Waals surface area contributed by atoms with Gasteiger partial charge in [-0.1, -0.05) is 19.9 Å². The standard InChI is InChI=1S/C13H16O4/c1-4-17-13(16)12(15)10-6-5-9(8(2)3)7-11(10)14/h5-8,14H,4H2,1-3H3. The molecule has 0 spiro atoms. The number of aromatic hydroxyl groups is 1. The molecule has 0 bridgehead atoms. The van der Waals surface area contributed by atoms with Crippen LogP contribution in [0.3, 0.4) is 0 Å². The lowest BCUT2D eigenvalue weighted by molar-refractivity contribution is -0.137. The molecular weight excluding hydrogens is 220 g/mol. The molecule has 0 saturated carbocycles. The molecule has 1 aromatic carbocycles. The maximum atomic E-state index is 11.6. The Morgan fingerprint density at radius 2 is 2.00 bits per heavy atom. The van der Waals surface area contributed by atoms with Gasteiger partial charge in [-0.25, -0.2) is 4.79 Å². The second kappa shape index (κ2) is 5.48. The molecule has 0 aromatic heterocycles. The molecule has 0 saturated heterocycles. The first-order chi connectivity index (χ1) is 7.97. The van der Waals surface area contributed by atoms with Crippen LogP contribution in [0.1, 0.15) is 42.6 Å². The van der Waals surface area contributed by atoms with Gasteiger partial charge in [-0.2, -0.15) is 0 Å². The second-order valence-corrected chi connectivity index (χ2v) is 3.98. The van der Waals surface area contributed by atoms with Crippen LogP contribution in [-0.2, 0) is 9.53 Å². The van der Waals surface area contributed by atoms with E-state index < -0.39 is 11.8 Å². The molecule has 92 valence electrons. The predicted octanol–water partition coefficient (Wildman–Crippen LogP) is 2.26. The molecule has 0 aliphatic heterocycles. The normalized spacial score (nSPS) is 10.4. The van der Waals surface area contributed by atoms with Crippen molar-refractivity contribution in [1.29, 1.82) is 0 Å². The number of ketones is 1. The highest BCUT2D eigenvalue weighted by Gasteiger charge is 2.21. The van der Waals surface area contributed by atoms with Crippen LogP contribution in [0.15, 0.2) is 18.2 Å². The number of esters is 1. The first-order valence-electron chi connectivity index (χ1n) is 5.51. The summed E-state index contributed by atoms with van der Waals surface area (Å²) in [6.07, 6.45) is 0. The van der Waals surface area contributed by atoms with Crippen LogP contribution in [0.25, 0.3) is 0 Å². The zero-order valence-corrected chi connectivity index (χ0v) is 10.2. The van der Waals surface area contributed by atoms with Gasteiger partial charge in [0.1, 0.15) is 5.75 Å². The Balaban J connectivity index is 3.00. The van der Waals surface area contributed by atoms with E-state index in [2.05, 4.69) is 4.74 Å². The van der Waals surface area contributed by atoms with Crippen molar-refractivity contribution in [2.45, 2.75) is 26.7 Å². The van der Waals surface area contributed by atoms with Crippen LogP contribution in [0.2, 0.25) is 0 Å². The summed E-state index contributed by atoms with van der Waals surface area (Å²) < 4.78 is 4.59. The highest BCUT2D eigenvalue weighted by atomic mass is 16.5. The van der Waals surface area contributed by atoms with Gasteiger partial charge < -0.3 is 9.84 Å². The van der Waals surface area contributed by atoms with Crippen LogP contribution >= 0.6 is 0 Å². The number of ether oxygens (including phenoxy) is 1. The number of hydrogen-bond donors (Lipinski definition) is 1. The molecule has 0 atom stereocenters. The quantitative estimate of drug-likeness (QED) is 0.495. The van der Waals surface area contributed by atoms with Crippen LogP contribution in [0.4, 0.5) is 0 Å². The molecule has 1 rings (SSSR count). The van der Waals surface area contributed by atoms with Gasteiger partial charge in [-0.3, -0.25) is 4.79 Å². The van der Waals surface area contributed by atoms with Crippen molar-refractivity contribution < 1.29 is 19.4 Å². The molecule has 0 fully saturated rings. The minimum absolute atomic E-state index is 0.0205. The molecular formula is C13H16O4. The number of phenolic OH excluding ortho intramolecular Hbond substituents is 1. The van der Waals surface area contributed by atoms with Gasteiger partial charge >= 0.3 is 5.97 Å². The van der Waals surface area contributed by atoms with Crippen molar-refractivity contribution in [3.05, 3.63) is 29.3 Å². The average Bonchev–Trinajstić information content (AvgIpc) is 2.28. The Morgan fingerprint density at radius 1 is 1.35 bits per heavy atom. The third kappa shape index (κ3) is 3.06. The molecule has 0 heterocycles. The number of carbonyl (C=O) groups is 2. The Kier molecular flexibility index (Phi) is 4.26. The Hall–Kier alpha value is -1.84. The summed E-state index contributed by atoms with van der Waals surface area (Å²) in [5.41, 5.74) is 0.885. The summed E-state index contributed by atoms with van der Waals surface area (Å²) in [4.78, 5) is 22.8. The molecule has 17 heavy (non-hydrogen) atoms. The maximum absolute atomic E-state index is 11.6. The highest BCUT2D eigenvalue weighted by molar-refractivity contribution is 6.41. The molecule has 1 aromatic rings. The van der Waals surface area contributed by atoms with Crippen LogP contribution in [0, 0.1) is 0 Å². The topological polar surface area (TPSA) is 63.6 Å². The van der Waals surface area contributed by atoms with Crippen molar-refractivity contribution in [2.24, 2.45) is 0 Å². The van der Waals surface area contributed by atoms with Crippen LogP contribution in [0.5, 0.6) is 5.75 Å². The number of hydrogen-bond acceptors (Lipinski definition) is 4. The van der Waals surface area contributed by atoms with E-state index in [0.29, 0.717) is 0 Å². The molecule has 1 N–H and O–H groups in total. The molecule has 0 radical (unpaired) electrons. The lowest BCUT2D eigenvalue weighted by Crippen LogP contribution is -2.17. The van der Waals surface area contributed by atoms with E-state index in [-0.39, 0.29) is 23.8 Å². The van der Waals surface area contributed by atoms with E-state index in [1.807, 2.05) is 13.8 Å². The first-order valence-corrected chi connectivity index (χ1v) is 5.51. The number of Topliss-reactive ketones (excluding diaryl/α,β-unsaturated/α-hetero) is 1. The predicted molar refractivity (Wildman–Crippen MR) is 63.2 cm³/mol. The van der Waals surface area contributed by atoms with Gasteiger partial charge in [-0.05, 0) is 30.5 Å². The first kappa shape index (κ1) is 13.2. The monoisotopic (exact) mass is 236 g/mol. The van der Waals surface area contributed by atoms with Gasteiger partial charge in [-0.15, -0.1) is 0 Å². The molecule has 0 unspecified atom stereocenters. The zero-order chi connectivity index (χ0) is 13.0. The molecule has 4 heteroatoms. The third-order valence-electron chi connectivity index (χ3n) is 2.39. The summed E-state index contributed by atoms with van der Waals surface area (Å²) in [5, 5.41) is 9.70. The van der Waals surface area contributed by atoms with Crippen molar-refractivity contribution in [3.8, 4) is 5.75 Å². The van der Waals surface area contributed by atoms with Crippen LogP contribution < -0.4 is 0 Å². The molecule has 0 amide bonds. The van der Waals surface area contributed by atoms with E-state index in [4.69, 9.17) is 0 Å². The Bertz CT molecular complexity index is 435. The largest absolute Gasteiger partial charge is 0.507 e. The fourth-order valence-corrected chi connectivity index (χ4v) is 1.41. The molecule has 0 aliphatic carbocycles. The Morgan fingerprint density at radius 3 is 2.47 bits per heavy atom. The van der Waals surface area contributed by atoms with Crippen molar-refractivity contribution in [1.82, 2.24) is 0 Å². The minimum Gasteiger partial charge on any atom is -0.507 e. The lowest BCUT2D eigenvalue weighted by atomic mass is 9.99. The van der Waals surface area contributed by atoms with Crippen molar-refractivity contribution in [3.63, 3.8) is 0 Å². The van der Waals surface area contributed by atoms with Crippen molar-refractivity contribution in [2.75, 3.05) is 6.61 Å². The molecule has 0 aliphatic rings.